The van der Waals surface area contributed by atoms with Crippen LogP contribution < -0.4 is 0 Å². The standard InChI is InChI=1S/C13H21NO3/c1-2-4-10-5-8-14(9-10)11(15)13(12(16)17)6-3-7-13/h10H,2-9H2,1H3,(H,16,17). The van der Waals surface area contributed by atoms with E-state index >= 15 is 0 Å². The fourth-order valence-corrected chi connectivity index (χ4v) is 3.01. The first-order chi connectivity index (χ1) is 8.10. The molecule has 1 saturated heterocycles. The van der Waals surface area contributed by atoms with E-state index in [0.717, 1.165) is 38.8 Å². The lowest BCUT2D eigenvalue weighted by Gasteiger charge is -2.38. The lowest BCUT2D eigenvalue weighted by Crippen LogP contribution is -2.52. The van der Waals surface area contributed by atoms with Crippen molar-refractivity contribution in [2.24, 2.45) is 11.3 Å². The van der Waals surface area contributed by atoms with Gasteiger partial charge >= 0.3 is 5.97 Å². The molecule has 1 atom stereocenters. The van der Waals surface area contributed by atoms with Crippen LogP contribution >= 0.6 is 0 Å². The van der Waals surface area contributed by atoms with E-state index < -0.39 is 11.4 Å². The summed E-state index contributed by atoms with van der Waals surface area (Å²) < 4.78 is 0. The Hall–Kier alpha value is -1.06. The molecule has 1 aliphatic heterocycles. The first-order valence-corrected chi connectivity index (χ1v) is 6.63. The van der Waals surface area contributed by atoms with Crippen molar-refractivity contribution < 1.29 is 14.7 Å². The highest BCUT2D eigenvalue weighted by Crippen LogP contribution is 2.43. The molecule has 0 aromatic heterocycles. The number of amides is 1. The van der Waals surface area contributed by atoms with E-state index in [1.165, 1.54) is 0 Å². The van der Waals surface area contributed by atoms with Crippen molar-refractivity contribution in [3.63, 3.8) is 0 Å². The van der Waals surface area contributed by atoms with Crippen molar-refractivity contribution in [1.82, 2.24) is 4.90 Å². The van der Waals surface area contributed by atoms with Crippen LogP contribution in [0.5, 0.6) is 0 Å². The second-order valence-corrected chi connectivity index (χ2v) is 5.44. The van der Waals surface area contributed by atoms with Gasteiger partial charge in [-0.05, 0) is 31.6 Å². The summed E-state index contributed by atoms with van der Waals surface area (Å²) in [6.07, 6.45) is 5.23. The average molecular weight is 239 g/mol. The van der Waals surface area contributed by atoms with Crippen molar-refractivity contribution in [3.8, 4) is 0 Å². The molecule has 96 valence electrons. The van der Waals surface area contributed by atoms with Gasteiger partial charge in [0, 0.05) is 13.1 Å². The molecule has 1 N–H and O–H groups in total. The highest BCUT2D eigenvalue weighted by molar-refractivity contribution is 6.02. The molecule has 2 fully saturated rings. The van der Waals surface area contributed by atoms with Crippen molar-refractivity contribution in [3.05, 3.63) is 0 Å². The maximum absolute atomic E-state index is 12.3. The van der Waals surface area contributed by atoms with Crippen LogP contribution in [0, 0.1) is 11.3 Å². The molecule has 4 heteroatoms. The lowest BCUT2D eigenvalue weighted by atomic mass is 9.68. The molecule has 2 rings (SSSR count). The fraction of sp³-hybridized carbons (Fsp3) is 0.846. The zero-order valence-electron chi connectivity index (χ0n) is 10.4. The summed E-state index contributed by atoms with van der Waals surface area (Å²) in [6.45, 7) is 3.66. The quantitative estimate of drug-likeness (QED) is 0.762. The summed E-state index contributed by atoms with van der Waals surface area (Å²) in [6, 6.07) is 0. The minimum absolute atomic E-state index is 0.130. The number of hydrogen-bond acceptors (Lipinski definition) is 2. The van der Waals surface area contributed by atoms with Gasteiger partial charge in [-0.1, -0.05) is 19.8 Å². The monoisotopic (exact) mass is 239 g/mol. The molecule has 1 saturated carbocycles. The maximum Gasteiger partial charge on any atom is 0.319 e. The van der Waals surface area contributed by atoms with Crippen molar-refractivity contribution in [1.29, 1.82) is 0 Å². The third-order valence-corrected chi connectivity index (χ3v) is 4.30. The van der Waals surface area contributed by atoms with Crippen LogP contribution in [-0.2, 0) is 9.59 Å². The number of hydrogen-bond donors (Lipinski definition) is 1. The Kier molecular flexibility index (Phi) is 3.40. The Morgan fingerprint density at radius 2 is 2.12 bits per heavy atom. The third kappa shape index (κ3) is 2.05. The molecule has 1 unspecified atom stereocenters. The average Bonchev–Trinajstić information content (AvgIpc) is 2.64. The number of rotatable bonds is 4. The van der Waals surface area contributed by atoms with Crippen LogP contribution in [0.25, 0.3) is 0 Å². The first-order valence-electron chi connectivity index (χ1n) is 6.63. The number of aliphatic carboxylic acids is 1. The minimum Gasteiger partial charge on any atom is -0.480 e. The molecule has 1 amide bonds. The number of nitrogens with zero attached hydrogens (tertiary/aromatic N) is 1. The Bertz CT molecular complexity index is 323. The van der Waals surface area contributed by atoms with E-state index in [1.54, 1.807) is 4.90 Å². The molecule has 1 heterocycles. The van der Waals surface area contributed by atoms with Crippen LogP contribution in [0.2, 0.25) is 0 Å². The van der Waals surface area contributed by atoms with E-state index in [0.29, 0.717) is 18.8 Å². The van der Waals surface area contributed by atoms with Gasteiger partial charge in [0.25, 0.3) is 0 Å². The second kappa shape index (κ2) is 4.67. The van der Waals surface area contributed by atoms with E-state index in [1.807, 2.05) is 0 Å². The number of likely N-dealkylation sites (tertiary alicyclic amines) is 1. The van der Waals surface area contributed by atoms with Gasteiger partial charge in [-0.15, -0.1) is 0 Å². The number of carboxylic acid groups (broad SMARTS) is 1. The summed E-state index contributed by atoms with van der Waals surface area (Å²) >= 11 is 0. The predicted octanol–water partition coefficient (Wildman–Crippen LogP) is 1.89. The van der Waals surface area contributed by atoms with Crippen LogP contribution in [-0.4, -0.2) is 35.0 Å². The molecular formula is C13H21NO3. The summed E-state index contributed by atoms with van der Waals surface area (Å²) in [7, 11) is 0. The second-order valence-electron chi connectivity index (χ2n) is 5.44. The maximum atomic E-state index is 12.3. The van der Waals surface area contributed by atoms with Gasteiger partial charge in [-0.25, -0.2) is 0 Å². The van der Waals surface area contributed by atoms with E-state index in [4.69, 9.17) is 0 Å². The van der Waals surface area contributed by atoms with Gasteiger partial charge in [0.1, 0.15) is 5.41 Å². The van der Waals surface area contributed by atoms with Crippen molar-refractivity contribution in [2.75, 3.05) is 13.1 Å². The van der Waals surface area contributed by atoms with Crippen LogP contribution in [0.3, 0.4) is 0 Å². The molecule has 0 bridgehead atoms. The predicted molar refractivity (Wildman–Crippen MR) is 63.5 cm³/mol. The topological polar surface area (TPSA) is 57.6 Å². The van der Waals surface area contributed by atoms with Crippen molar-refractivity contribution >= 4 is 11.9 Å². The van der Waals surface area contributed by atoms with Gasteiger partial charge in [-0.3, -0.25) is 9.59 Å². The molecule has 0 radical (unpaired) electrons. The smallest absolute Gasteiger partial charge is 0.319 e. The highest BCUT2D eigenvalue weighted by atomic mass is 16.4. The van der Waals surface area contributed by atoms with E-state index in [-0.39, 0.29) is 5.91 Å². The zero-order valence-corrected chi connectivity index (χ0v) is 10.4. The Morgan fingerprint density at radius 3 is 2.59 bits per heavy atom. The fourth-order valence-electron chi connectivity index (χ4n) is 3.01. The van der Waals surface area contributed by atoms with Gasteiger partial charge < -0.3 is 10.0 Å². The number of carbonyl (C=O) groups excluding carboxylic acids is 1. The van der Waals surface area contributed by atoms with Crippen LogP contribution in [0.1, 0.15) is 45.4 Å². The molecule has 2 aliphatic rings. The largest absolute Gasteiger partial charge is 0.480 e. The van der Waals surface area contributed by atoms with Crippen LogP contribution in [0.15, 0.2) is 0 Å². The normalized spacial score (nSPS) is 26.6. The summed E-state index contributed by atoms with van der Waals surface area (Å²) in [5.74, 6) is -0.475. The third-order valence-electron chi connectivity index (χ3n) is 4.30. The summed E-state index contributed by atoms with van der Waals surface area (Å²) in [4.78, 5) is 25.3. The SMILES string of the molecule is CCCC1CCN(C(=O)C2(C(=O)O)CCC2)C1. The minimum atomic E-state index is -1.07. The molecule has 0 aromatic carbocycles. The Balaban J connectivity index is 1.99. The van der Waals surface area contributed by atoms with Crippen LogP contribution in [0.4, 0.5) is 0 Å². The zero-order chi connectivity index (χ0) is 12.5. The number of carboxylic acids is 1. The molecule has 1 aliphatic carbocycles. The molecule has 4 nitrogen and oxygen atoms in total. The summed E-state index contributed by atoms with van der Waals surface area (Å²) in [5.41, 5.74) is -1.07. The Morgan fingerprint density at radius 1 is 1.41 bits per heavy atom. The van der Waals surface area contributed by atoms with Gasteiger partial charge in [0.15, 0.2) is 0 Å². The van der Waals surface area contributed by atoms with Crippen molar-refractivity contribution in [2.45, 2.75) is 45.4 Å². The van der Waals surface area contributed by atoms with Gasteiger partial charge in [-0.2, -0.15) is 0 Å². The molecule has 17 heavy (non-hydrogen) atoms. The van der Waals surface area contributed by atoms with Gasteiger partial charge in [0.05, 0.1) is 0 Å². The Labute approximate surface area is 102 Å². The highest BCUT2D eigenvalue weighted by Gasteiger charge is 2.53. The summed E-state index contributed by atoms with van der Waals surface area (Å²) in [5, 5.41) is 9.24. The molecular weight excluding hydrogens is 218 g/mol. The number of carbonyl (C=O) groups is 2. The first kappa shape index (κ1) is 12.4. The van der Waals surface area contributed by atoms with Gasteiger partial charge in [0.2, 0.25) is 5.91 Å². The molecule has 0 spiro atoms. The molecule has 0 aromatic rings. The van der Waals surface area contributed by atoms with E-state index in [9.17, 15) is 14.7 Å². The van der Waals surface area contributed by atoms with E-state index in [2.05, 4.69) is 6.92 Å². The lowest BCUT2D eigenvalue weighted by molar-refractivity contribution is -0.167.